The first kappa shape index (κ1) is 17.6. The number of phenols is 1. The fourth-order valence-corrected chi connectivity index (χ4v) is 2.18. The smallest absolute Gasteiger partial charge is 0.191 e. The van der Waals surface area contributed by atoms with Crippen LogP contribution in [0.15, 0.2) is 47.6 Å². The minimum absolute atomic E-state index is 0.212. The lowest BCUT2D eigenvalue weighted by atomic mass is 10.2. The minimum Gasteiger partial charge on any atom is -0.508 e. The molecule has 128 valence electrons. The molecule has 0 saturated heterocycles. The Morgan fingerprint density at radius 3 is 2.83 bits per heavy atom. The van der Waals surface area contributed by atoms with Crippen LogP contribution in [0, 0.1) is 0 Å². The molecule has 0 aliphatic rings. The van der Waals surface area contributed by atoms with E-state index < -0.39 is 0 Å². The minimum atomic E-state index is 0.212. The summed E-state index contributed by atoms with van der Waals surface area (Å²) in [7, 11) is 1.60. The Labute approximate surface area is 142 Å². The maximum Gasteiger partial charge on any atom is 0.191 e. The number of nitrogens with zero attached hydrogens (tertiary/aromatic N) is 2. The van der Waals surface area contributed by atoms with Crippen molar-refractivity contribution in [3.05, 3.63) is 53.9 Å². The summed E-state index contributed by atoms with van der Waals surface area (Å²) in [5, 5.41) is 16.4. The number of aliphatic imine (C=N–C) groups is 1. The lowest BCUT2D eigenvalue weighted by Gasteiger charge is -2.11. The SMILES string of the molecule is CCNC(=NCc1cc(OC)ccc1O)NCCc1ccccn1. The third kappa shape index (κ3) is 5.46. The summed E-state index contributed by atoms with van der Waals surface area (Å²) < 4.78 is 5.18. The molecule has 0 amide bonds. The first-order chi connectivity index (χ1) is 11.7. The van der Waals surface area contributed by atoms with Crippen LogP contribution < -0.4 is 15.4 Å². The molecule has 1 heterocycles. The maximum atomic E-state index is 9.92. The van der Waals surface area contributed by atoms with Crippen LogP contribution in [-0.4, -0.2) is 36.2 Å². The van der Waals surface area contributed by atoms with Crippen molar-refractivity contribution < 1.29 is 9.84 Å². The molecule has 0 fully saturated rings. The predicted octanol–water partition coefficient (Wildman–Crippen LogP) is 2.09. The second-order valence-electron chi connectivity index (χ2n) is 5.19. The summed E-state index contributed by atoms with van der Waals surface area (Å²) in [6, 6.07) is 11.0. The number of methoxy groups -OCH3 is 1. The van der Waals surface area contributed by atoms with Crippen molar-refractivity contribution in [3.63, 3.8) is 0 Å². The summed E-state index contributed by atoms with van der Waals surface area (Å²) in [5.74, 6) is 1.62. The van der Waals surface area contributed by atoms with E-state index in [-0.39, 0.29) is 5.75 Å². The lowest BCUT2D eigenvalue weighted by molar-refractivity contribution is 0.411. The van der Waals surface area contributed by atoms with Gasteiger partial charge in [0.25, 0.3) is 0 Å². The highest BCUT2D eigenvalue weighted by molar-refractivity contribution is 5.79. The molecule has 2 rings (SSSR count). The number of aromatic hydroxyl groups is 1. The molecule has 0 aliphatic heterocycles. The highest BCUT2D eigenvalue weighted by Crippen LogP contribution is 2.23. The molecule has 1 aromatic heterocycles. The number of hydrogen-bond acceptors (Lipinski definition) is 4. The van der Waals surface area contributed by atoms with Crippen molar-refractivity contribution in [2.45, 2.75) is 19.9 Å². The predicted molar refractivity (Wildman–Crippen MR) is 95.4 cm³/mol. The molecule has 0 saturated carbocycles. The van der Waals surface area contributed by atoms with Crippen molar-refractivity contribution in [2.75, 3.05) is 20.2 Å². The van der Waals surface area contributed by atoms with Gasteiger partial charge in [-0.1, -0.05) is 6.07 Å². The first-order valence-electron chi connectivity index (χ1n) is 8.01. The average molecular weight is 328 g/mol. The van der Waals surface area contributed by atoms with Crippen LogP contribution >= 0.6 is 0 Å². The molecular weight excluding hydrogens is 304 g/mol. The molecule has 24 heavy (non-hydrogen) atoms. The first-order valence-corrected chi connectivity index (χ1v) is 8.01. The highest BCUT2D eigenvalue weighted by Gasteiger charge is 2.04. The van der Waals surface area contributed by atoms with E-state index in [0.717, 1.165) is 30.8 Å². The van der Waals surface area contributed by atoms with Gasteiger partial charge in [0.1, 0.15) is 11.5 Å². The quantitative estimate of drug-likeness (QED) is 0.536. The fourth-order valence-electron chi connectivity index (χ4n) is 2.18. The van der Waals surface area contributed by atoms with Crippen molar-refractivity contribution in [2.24, 2.45) is 4.99 Å². The number of hydrogen-bond donors (Lipinski definition) is 3. The van der Waals surface area contributed by atoms with Crippen LogP contribution in [0.2, 0.25) is 0 Å². The maximum absolute atomic E-state index is 9.92. The van der Waals surface area contributed by atoms with Crippen molar-refractivity contribution in [3.8, 4) is 11.5 Å². The third-order valence-corrected chi connectivity index (χ3v) is 3.44. The zero-order valence-electron chi connectivity index (χ0n) is 14.1. The number of pyridine rings is 1. The average Bonchev–Trinajstić information content (AvgIpc) is 2.61. The van der Waals surface area contributed by atoms with E-state index in [1.807, 2.05) is 25.1 Å². The van der Waals surface area contributed by atoms with Gasteiger partial charge in [-0.15, -0.1) is 0 Å². The molecule has 3 N–H and O–H groups in total. The molecule has 2 aromatic rings. The fraction of sp³-hybridized carbons (Fsp3) is 0.333. The second-order valence-corrected chi connectivity index (χ2v) is 5.19. The van der Waals surface area contributed by atoms with Crippen molar-refractivity contribution in [1.82, 2.24) is 15.6 Å². The lowest BCUT2D eigenvalue weighted by Crippen LogP contribution is -2.38. The summed E-state index contributed by atoms with van der Waals surface area (Å²) in [4.78, 5) is 8.81. The number of benzene rings is 1. The topological polar surface area (TPSA) is 78.8 Å². The number of nitrogens with one attached hydrogen (secondary N) is 2. The largest absolute Gasteiger partial charge is 0.508 e. The molecule has 1 aromatic carbocycles. The Hall–Kier alpha value is -2.76. The van der Waals surface area contributed by atoms with Crippen LogP contribution in [0.5, 0.6) is 11.5 Å². The van der Waals surface area contributed by atoms with Gasteiger partial charge in [-0.05, 0) is 37.3 Å². The number of rotatable bonds is 7. The molecule has 0 spiro atoms. The normalized spacial score (nSPS) is 11.2. The van der Waals surface area contributed by atoms with Crippen LogP contribution in [0.25, 0.3) is 0 Å². The summed E-state index contributed by atoms with van der Waals surface area (Å²) in [5.41, 5.74) is 1.75. The summed E-state index contributed by atoms with van der Waals surface area (Å²) in [6.07, 6.45) is 2.61. The molecule has 0 atom stereocenters. The van der Waals surface area contributed by atoms with Gasteiger partial charge in [-0.25, -0.2) is 4.99 Å². The van der Waals surface area contributed by atoms with Crippen LogP contribution in [0.1, 0.15) is 18.2 Å². The number of phenolic OH excluding ortho intramolecular Hbond substituents is 1. The van der Waals surface area contributed by atoms with Crippen molar-refractivity contribution >= 4 is 5.96 Å². The Morgan fingerprint density at radius 1 is 1.25 bits per heavy atom. The molecule has 6 heteroatoms. The van der Waals surface area contributed by atoms with Gasteiger partial charge in [0, 0.05) is 37.0 Å². The van der Waals surface area contributed by atoms with Gasteiger partial charge in [-0.2, -0.15) is 0 Å². The standard InChI is InChI=1S/C18H24N4O2/c1-3-19-18(21-11-9-15-6-4-5-10-20-15)22-13-14-12-16(24-2)7-8-17(14)23/h4-8,10,12,23H,3,9,11,13H2,1-2H3,(H2,19,21,22). The zero-order valence-corrected chi connectivity index (χ0v) is 14.1. The van der Waals surface area contributed by atoms with E-state index >= 15 is 0 Å². The Bertz CT molecular complexity index is 659. The van der Waals surface area contributed by atoms with Crippen molar-refractivity contribution in [1.29, 1.82) is 0 Å². The van der Waals surface area contributed by atoms with Gasteiger partial charge in [0.15, 0.2) is 5.96 Å². The highest BCUT2D eigenvalue weighted by atomic mass is 16.5. The van der Waals surface area contributed by atoms with E-state index in [1.165, 1.54) is 0 Å². The Kier molecular flexibility index (Phi) is 6.89. The van der Waals surface area contributed by atoms with E-state index in [2.05, 4.69) is 20.6 Å². The molecular formula is C18H24N4O2. The van der Waals surface area contributed by atoms with Gasteiger partial charge >= 0.3 is 0 Å². The number of aromatic nitrogens is 1. The summed E-state index contributed by atoms with van der Waals surface area (Å²) in [6.45, 7) is 3.87. The van der Waals surface area contributed by atoms with Gasteiger partial charge in [0.2, 0.25) is 0 Å². The second kappa shape index (κ2) is 9.39. The number of guanidine groups is 1. The summed E-state index contributed by atoms with van der Waals surface area (Å²) >= 11 is 0. The number of ether oxygens (including phenoxy) is 1. The molecule has 0 unspecified atom stereocenters. The van der Waals surface area contributed by atoms with Crippen LogP contribution in [0.4, 0.5) is 0 Å². The van der Waals surface area contributed by atoms with Gasteiger partial charge in [0.05, 0.1) is 13.7 Å². The molecule has 0 radical (unpaired) electrons. The van der Waals surface area contributed by atoms with E-state index in [4.69, 9.17) is 4.74 Å². The van der Waals surface area contributed by atoms with Gasteiger partial charge in [-0.3, -0.25) is 4.98 Å². The Balaban J connectivity index is 1.95. The van der Waals surface area contributed by atoms with Crippen LogP contribution in [-0.2, 0) is 13.0 Å². The van der Waals surface area contributed by atoms with Crippen LogP contribution in [0.3, 0.4) is 0 Å². The molecule has 0 aliphatic carbocycles. The Morgan fingerprint density at radius 2 is 2.12 bits per heavy atom. The van der Waals surface area contributed by atoms with E-state index in [0.29, 0.717) is 18.3 Å². The zero-order chi connectivity index (χ0) is 17.2. The molecule has 6 nitrogen and oxygen atoms in total. The van der Waals surface area contributed by atoms with E-state index in [1.54, 1.807) is 31.5 Å². The van der Waals surface area contributed by atoms with Gasteiger partial charge < -0.3 is 20.5 Å². The third-order valence-electron chi connectivity index (χ3n) is 3.44. The van der Waals surface area contributed by atoms with E-state index in [9.17, 15) is 5.11 Å². The monoisotopic (exact) mass is 328 g/mol. The molecule has 0 bridgehead atoms.